The monoisotopic (exact) mass is 511 g/mol. The molecule has 0 radical (unpaired) electrons. The van der Waals surface area contributed by atoms with E-state index in [1.165, 1.54) is 4.90 Å². The van der Waals surface area contributed by atoms with Crippen LogP contribution in [-0.4, -0.2) is 65.9 Å². The fraction of sp³-hybridized carbons (Fsp3) is 0.792. The topological polar surface area (TPSA) is 131 Å². The Labute approximate surface area is 207 Å². The molecule has 2 aliphatic carbocycles. The van der Waals surface area contributed by atoms with Crippen molar-refractivity contribution in [2.75, 3.05) is 13.1 Å². The summed E-state index contributed by atoms with van der Waals surface area (Å²) in [5, 5.41) is 16.9. The van der Waals surface area contributed by atoms with E-state index in [0.717, 1.165) is 12.8 Å². The third kappa shape index (κ3) is 4.89. The number of carbonyl (C=O) groups is 4. The summed E-state index contributed by atoms with van der Waals surface area (Å²) < 4.78 is 39.1. The molecule has 2 saturated heterocycles. The van der Waals surface area contributed by atoms with Crippen molar-refractivity contribution in [1.29, 1.82) is 5.26 Å². The molecule has 6 atom stereocenters. The number of fused-ring (bicyclic) bond motifs is 1. The molecule has 4 amide bonds. The van der Waals surface area contributed by atoms with Crippen LogP contribution >= 0.6 is 0 Å². The molecule has 12 heteroatoms. The number of nitrogens with zero attached hydrogens (tertiary/aromatic N) is 2. The van der Waals surface area contributed by atoms with Gasteiger partial charge in [0.2, 0.25) is 17.7 Å². The predicted molar refractivity (Wildman–Crippen MR) is 119 cm³/mol. The van der Waals surface area contributed by atoms with E-state index in [1.54, 1.807) is 0 Å². The number of rotatable bonds is 7. The molecule has 3 N–H and O–H groups in total. The first-order valence-electron chi connectivity index (χ1n) is 12.5. The van der Waals surface area contributed by atoms with Crippen LogP contribution in [0.3, 0.4) is 0 Å². The molecule has 0 spiro atoms. The zero-order valence-corrected chi connectivity index (χ0v) is 20.4. The number of hydrogen-bond acceptors (Lipinski definition) is 5. The van der Waals surface area contributed by atoms with Crippen LogP contribution in [0.5, 0.6) is 0 Å². The van der Waals surface area contributed by atoms with Gasteiger partial charge in [-0.05, 0) is 48.9 Å². The fourth-order valence-electron chi connectivity index (χ4n) is 6.44. The highest BCUT2D eigenvalue weighted by Crippen LogP contribution is 2.65. The standard InChI is InChI=1S/C24H32F3N5O4/c1-23(2)15-11-32(21(35)17(12-5-3-4-6-12)31-22(36)24(25,26)27)18(16(15)23)20(34)30-14(10-28)9-13-7-8-29-19(13)33/h12-18H,3-9,11H2,1-2H3,(H,29,33)(H,30,34)(H,31,36)/t13-,14-,15?,16?,17-,18?/m0/s1. The number of likely N-dealkylation sites (tertiary alicyclic amines) is 1. The van der Waals surface area contributed by atoms with Gasteiger partial charge in [0.15, 0.2) is 0 Å². The molecule has 4 rings (SSSR count). The Morgan fingerprint density at radius 2 is 1.86 bits per heavy atom. The Morgan fingerprint density at radius 3 is 2.42 bits per heavy atom. The molecule has 0 aromatic heterocycles. The number of carbonyl (C=O) groups excluding carboxylic acids is 4. The summed E-state index contributed by atoms with van der Waals surface area (Å²) in [4.78, 5) is 52.0. The second-order valence-corrected chi connectivity index (χ2v) is 11.1. The van der Waals surface area contributed by atoms with Crippen molar-refractivity contribution < 1.29 is 32.3 Å². The zero-order valence-electron chi connectivity index (χ0n) is 20.4. The smallest absolute Gasteiger partial charge is 0.356 e. The SMILES string of the molecule is CC1(C)C2CN(C(=O)[C@@H](NC(=O)C(F)(F)F)C3CCCC3)C(C(=O)N[C@H](C#N)C[C@@H]3CCNC3=O)C21. The Balaban J connectivity index is 1.52. The average molecular weight is 512 g/mol. The first-order valence-corrected chi connectivity index (χ1v) is 12.5. The van der Waals surface area contributed by atoms with Crippen molar-refractivity contribution >= 4 is 23.6 Å². The number of hydrogen-bond donors (Lipinski definition) is 3. The van der Waals surface area contributed by atoms with Crippen molar-refractivity contribution in [3.63, 3.8) is 0 Å². The minimum absolute atomic E-state index is 0.0131. The molecule has 4 aliphatic rings. The van der Waals surface area contributed by atoms with E-state index in [0.29, 0.717) is 25.8 Å². The van der Waals surface area contributed by atoms with Gasteiger partial charge in [0, 0.05) is 19.0 Å². The van der Waals surface area contributed by atoms with E-state index in [4.69, 9.17) is 0 Å². The Kier molecular flexibility index (Phi) is 6.96. The van der Waals surface area contributed by atoms with Gasteiger partial charge in [-0.25, -0.2) is 0 Å². The van der Waals surface area contributed by atoms with Crippen LogP contribution in [0.4, 0.5) is 13.2 Å². The van der Waals surface area contributed by atoms with Crippen molar-refractivity contribution in [2.24, 2.45) is 29.1 Å². The summed E-state index contributed by atoms with van der Waals surface area (Å²) in [5.41, 5.74) is -0.246. The number of piperidine rings is 1. The highest BCUT2D eigenvalue weighted by Gasteiger charge is 2.69. The maximum Gasteiger partial charge on any atom is 0.471 e. The lowest BCUT2D eigenvalue weighted by Gasteiger charge is -2.35. The van der Waals surface area contributed by atoms with E-state index in [2.05, 4.69) is 10.6 Å². The lowest BCUT2D eigenvalue weighted by Crippen LogP contribution is -2.59. The van der Waals surface area contributed by atoms with E-state index >= 15 is 0 Å². The maximum absolute atomic E-state index is 13.6. The van der Waals surface area contributed by atoms with Gasteiger partial charge in [-0.2, -0.15) is 18.4 Å². The van der Waals surface area contributed by atoms with Gasteiger partial charge in [0.05, 0.1) is 6.07 Å². The van der Waals surface area contributed by atoms with E-state index in [9.17, 15) is 37.6 Å². The Morgan fingerprint density at radius 1 is 1.19 bits per heavy atom. The van der Waals surface area contributed by atoms with Crippen LogP contribution in [0.1, 0.15) is 52.4 Å². The molecule has 2 heterocycles. The quantitative estimate of drug-likeness (QED) is 0.473. The number of nitrogens with one attached hydrogen (secondary N) is 3. The summed E-state index contributed by atoms with van der Waals surface area (Å²) in [6.45, 7) is 4.64. The van der Waals surface area contributed by atoms with Gasteiger partial charge in [-0.15, -0.1) is 0 Å². The predicted octanol–water partition coefficient (Wildman–Crippen LogP) is 1.24. The van der Waals surface area contributed by atoms with Crippen LogP contribution < -0.4 is 16.0 Å². The summed E-state index contributed by atoms with van der Waals surface area (Å²) >= 11 is 0. The minimum Gasteiger partial charge on any atom is -0.356 e. The van der Waals surface area contributed by atoms with Crippen molar-refractivity contribution in [2.45, 2.75) is 76.7 Å². The molecule has 2 saturated carbocycles. The lowest BCUT2D eigenvalue weighted by atomic mass is 9.94. The molecule has 198 valence electrons. The third-order valence-electron chi connectivity index (χ3n) is 8.60. The Hall–Kier alpha value is -2.84. The van der Waals surface area contributed by atoms with E-state index in [1.807, 2.05) is 25.2 Å². The highest BCUT2D eigenvalue weighted by atomic mass is 19.4. The average Bonchev–Trinajstić information content (AvgIpc) is 3.37. The molecule has 2 aliphatic heterocycles. The number of amides is 4. The molecular weight excluding hydrogens is 479 g/mol. The van der Waals surface area contributed by atoms with Crippen molar-refractivity contribution in [3.05, 3.63) is 0 Å². The van der Waals surface area contributed by atoms with Crippen LogP contribution in [-0.2, 0) is 19.2 Å². The van der Waals surface area contributed by atoms with Gasteiger partial charge in [0.25, 0.3) is 0 Å². The summed E-state index contributed by atoms with van der Waals surface area (Å²) in [5.74, 6) is -4.65. The van der Waals surface area contributed by atoms with Crippen molar-refractivity contribution in [1.82, 2.24) is 20.9 Å². The van der Waals surface area contributed by atoms with Crippen molar-refractivity contribution in [3.8, 4) is 6.07 Å². The second kappa shape index (κ2) is 9.56. The third-order valence-corrected chi connectivity index (χ3v) is 8.60. The summed E-state index contributed by atoms with van der Waals surface area (Å²) in [6, 6.07) is -1.26. The molecule has 9 nitrogen and oxygen atoms in total. The van der Waals surface area contributed by atoms with Gasteiger partial charge >= 0.3 is 12.1 Å². The highest BCUT2D eigenvalue weighted by molar-refractivity contribution is 5.94. The van der Waals surface area contributed by atoms with Gasteiger partial charge < -0.3 is 20.9 Å². The number of halogens is 3. The van der Waals surface area contributed by atoms with Gasteiger partial charge in [0.1, 0.15) is 18.1 Å². The lowest BCUT2D eigenvalue weighted by molar-refractivity contribution is -0.175. The molecule has 3 unspecified atom stereocenters. The molecule has 0 aromatic rings. The largest absolute Gasteiger partial charge is 0.471 e. The molecule has 36 heavy (non-hydrogen) atoms. The molecule has 0 aromatic carbocycles. The van der Waals surface area contributed by atoms with Crippen LogP contribution in [0.2, 0.25) is 0 Å². The summed E-state index contributed by atoms with van der Waals surface area (Å²) in [6.07, 6.45) is -1.92. The first-order chi connectivity index (χ1) is 16.9. The maximum atomic E-state index is 13.6. The zero-order chi connectivity index (χ0) is 26.4. The number of alkyl halides is 3. The van der Waals surface area contributed by atoms with Crippen LogP contribution in [0.15, 0.2) is 0 Å². The molecular formula is C24H32F3N5O4. The summed E-state index contributed by atoms with van der Waals surface area (Å²) in [7, 11) is 0. The molecule has 4 fully saturated rings. The van der Waals surface area contributed by atoms with Crippen LogP contribution in [0.25, 0.3) is 0 Å². The Bertz CT molecular complexity index is 972. The van der Waals surface area contributed by atoms with Crippen LogP contribution in [0, 0.1) is 40.4 Å². The van der Waals surface area contributed by atoms with Gasteiger partial charge in [-0.1, -0.05) is 26.7 Å². The first kappa shape index (κ1) is 26.2. The fourth-order valence-corrected chi connectivity index (χ4v) is 6.44. The number of nitriles is 1. The molecule has 0 bridgehead atoms. The van der Waals surface area contributed by atoms with E-state index < -0.39 is 53.9 Å². The minimum atomic E-state index is -5.13. The normalized spacial score (nSPS) is 30.7. The van der Waals surface area contributed by atoms with Gasteiger partial charge in [-0.3, -0.25) is 19.2 Å². The second-order valence-electron chi connectivity index (χ2n) is 11.1. The van der Waals surface area contributed by atoms with E-state index in [-0.39, 0.29) is 36.1 Å².